The van der Waals surface area contributed by atoms with Crippen LogP contribution in [0, 0.1) is 5.92 Å². The van der Waals surface area contributed by atoms with Gasteiger partial charge in [-0.3, -0.25) is 14.4 Å². The molecular weight excluding hydrogens is 336 g/mol. The summed E-state index contributed by atoms with van der Waals surface area (Å²) in [5.41, 5.74) is -0.249. The van der Waals surface area contributed by atoms with E-state index < -0.39 is 17.4 Å². The van der Waals surface area contributed by atoms with Crippen LogP contribution in [0.15, 0.2) is 18.2 Å². The maximum atomic E-state index is 12.1. The van der Waals surface area contributed by atoms with E-state index in [0.29, 0.717) is 37.4 Å². The van der Waals surface area contributed by atoms with Gasteiger partial charge < -0.3 is 19.8 Å². The second-order valence-electron chi connectivity index (χ2n) is 7.22. The highest BCUT2D eigenvalue weighted by molar-refractivity contribution is 5.92. The molecule has 3 heterocycles. The summed E-state index contributed by atoms with van der Waals surface area (Å²) >= 11 is 0. The number of carbonyl (C=O) groups excluding carboxylic acids is 2. The average molecular weight is 360 g/mol. The van der Waals surface area contributed by atoms with Crippen molar-refractivity contribution >= 4 is 23.6 Å². The van der Waals surface area contributed by atoms with Crippen molar-refractivity contribution in [3.63, 3.8) is 0 Å². The van der Waals surface area contributed by atoms with Gasteiger partial charge in [-0.1, -0.05) is 6.07 Å². The van der Waals surface area contributed by atoms with E-state index in [-0.39, 0.29) is 18.2 Å². The fourth-order valence-corrected chi connectivity index (χ4v) is 4.06. The number of piperidine rings is 1. The first kappa shape index (κ1) is 18.2. The van der Waals surface area contributed by atoms with Crippen LogP contribution in [0.2, 0.25) is 0 Å². The Morgan fingerprint density at radius 1 is 1.27 bits per heavy atom. The van der Waals surface area contributed by atoms with Crippen molar-refractivity contribution in [2.45, 2.75) is 24.8 Å². The third-order valence-corrected chi connectivity index (χ3v) is 5.68. The highest BCUT2D eigenvalue weighted by atomic mass is 16.4. The molecule has 0 saturated carbocycles. The SMILES string of the molecule is CN(C)C(=O)c1cccc(N2CCC3(CC2)C(C(=O)O)CC(=O)N3C)n1. The molecule has 2 saturated heterocycles. The number of likely N-dealkylation sites (tertiary alicyclic amines) is 1. The standard InChI is InChI=1S/C18H24N4O4/c1-20(2)16(24)13-5-4-6-14(19-13)22-9-7-18(8-10-22)12(17(25)26)11-15(23)21(18)3/h4-6,12H,7-11H2,1-3H3,(H,25,26). The molecule has 0 aliphatic carbocycles. The number of pyridine rings is 1. The molecule has 140 valence electrons. The van der Waals surface area contributed by atoms with Crippen LogP contribution in [0.4, 0.5) is 5.82 Å². The van der Waals surface area contributed by atoms with Crippen LogP contribution in [0.1, 0.15) is 29.8 Å². The van der Waals surface area contributed by atoms with E-state index in [9.17, 15) is 19.5 Å². The average Bonchev–Trinajstić information content (AvgIpc) is 2.87. The minimum absolute atomic E-state index is 0.0664. The van der Waals surface area contributed by atoms with Gasteiger partial charge in [-0.15, -0.1) is 0 Å². The monoisotopic (exact) mass is 360 g/mol. The van der Waals surface area contributed by atoms with Gasteiger partial charge in [-0.05, 0) is 25.0 Å². The lowest BCUT2D eigenvalue weighted by molar-refractivity contribution is -0.145. The number of carbonyl (C=O) groups is 3. The van der Waals surface area contributed by atoms with Gasteiger partial charge in [0.1, 0.15) is 11.5 Å². The summed E-state index contributed by atoms with van der Waals surface area (Å²) in [5, 5.41) is 9.55. The first-order valence-corrected chi connectivity index (χ1v) is 8.69. The number of anilines is 1. The van der Waals surface area contributed by atoms with Crippen LogP contribution in [0.3, 0.4) is 0 Å². The molecule has 26 heavy (non-hydrogen) atoms. The Morgan fingerprint density at radius 2 is 1.92 bits per heavy atom. The number of nitrogens with zero attached hydrogens (tertiary/aromatic N) is 4. The Balaban J connectivity index is 1.78. The Hall–Kier alpha value is -2.64. The van der Waals surface area contributed by atoms with Crippen LogP contribution in [-0.4, -0.2) is 77.4 Å². The summed E-state index contributed by atoms with van der Waals surface area (Å²) in [7, 11) is 5.07. The molecule has 3 rings (SSSR count). The minimum Gasteiger partial charge on any atom is -0.481 e. The van der Waals surface area contributed by atoms with Crippen LogP contribution in [0.5, 0.6) is 0 Å². The molecule has 0 radical (unpaired) electrons. The van der Waals surface area contributed by atoms with Crippen LogP contribution < -0.4 is 4.90 Å². The molecule has 1 aromatic rings. The molecule has 2 amide bonds. The molecule has 1 atom stereocenters. The van der Waals surface area contributed by atoms with E-state index >= 15 is 0 Å². The first-order chi connectivity index (χ1) is 12.3. The van der Waals surface area contributed by atoms with E-state index in [2.05, 4.69) is 4.98 Å². The third kappa shape index (κ3) is 2.89. The summed E-state index contributed by atoms with van der Waals surface area (Å²) in [6, 6.07) is 5.33. The van der Waals surface area contributed by atoms with Gasteiger partial charge in [0.15, 0.2) is 0 Å². The van der Waals surface area contributed by atoms with E-state index in [1.165, 1.54) is 4.90 Å². The first-order valence-electron chi connectivity index (χ1n) is 8.69. The van der Waals surface area contributed by atoms with Crippen molar-refractivity contribution in [2.75, 3.05) is 39.1 Å². The lowest BCUT2D eigenvalue weighted by atomic mass is 9.77. The molecular formula is C18H24N4O4. The van der Waals surface area contributed by atoms with Gasteiger partial charge in [0.25, 0.3) is 5.91 Å². The van der Waals surface area contributed by atoms with Crippen LogP contribution >= 0.6 is 0 Å². The van der Waals surface area contributed by atoms with Gasteiger partial charge in [0, 0.05) is 40.7 Å². The summed E-state index contributed by atoms with van der Waals surface area (Å²) in [4.78, 5) is 45.5. The number of carboxylic acids is 1. The Kier molecular flexibility index (Phi) is 4.60. The number of aromatic nitrogens is 1. The molecule has 8 nitrogen and oxygen atoms in total. The quantitative estimate of drug-likeness (QED) is 0.852. The maximum Gasteiger partial charge on any atom is 0.309 e. The lowest BCUT2D eigenvalue weighted by Gasteiger charge is -2.45. The van der Waals surface area contributed by atoms with Gasteiger partial charge >= 0.3 is 5.97 Å². The second-order valence-corrected chi connectivity index (χ2v) is 7.22. The number of hydrogen-bond acceptors (Lipinski definition) is 5. The molecule has 1 aromatic heterocycles. The fourth-order valence-electron chi connectivity index (χ4n) is 4.06. The molecule has 2 aliphatic rings. The molecule has 0 aromatic carbocycles. The Bertz CT molecular complexity index is 740. The van der Waals surface area contributed by atoms with Gasteiger partial charge in [-0.25, -0.2) is 4.98 Å². The van der Waals surface area contributed by atoms with Crippen molar-refractivity contribution in [1.82, 2.24) is 14.8 Å². The molecule has 0 bridgehead atoms. The Labute approximate surface area is 152 Å². The number of carboxylic acid groups (broad SMARTS) is 1. The number of hydrogen-bond donors (Lipinski definition) is 1. The van der Waals surface area contributed by atoms with Crippen molar-refractivity contribution in [3.05, 3.63) is 23.9 Å². The summed E-state index contributed by atoms with van der Waals surface area (Å²) < 4.78 is 0. The minimum atomic E-state index is -0.909. The van der Waals surface area contributed by atoms with Crippen molar-refractivity contribution < 1.29 is 19.5 Å². The summed E-state index contributed by atoms with van der Waals surface area (Å²) in [6.45, 7) is 1.18. The zero-order valence-corrected chi connectivity index (χ0v) is 15.3. The summed E-state index contributed by atoms with van der Waals surface area (Å²) in [6.07, 6.45) is 1.20. The van der Waals surface area contributed by atoms with Gasteiger partial charge in [0.2, 0.25) is 5.91 Å². The maximum absolute atomic E-state index is 12.1. The van der Waals surface area contributed by atoms with Gasteiger partial charge in [-0.2, -0.15) is 0 Å². The topological polar surface area (TPSA) is 94.1 Å². The molecule has 2 aliphatic heterocycles. The largest absolute Gasteiger partial charge is 0.481 e. The molecule has 1 N–H and O–H groups in total. The predicted octanol–water partition coefficient (Wildman–Crippen LogP) is 0.685. The van der Waals surface area contributed by atoms with E-state index in [1.54, 1.807) is 38.2 Å². The van der Waals surface area contributed by atoms with Crippen molar-refractivity contribution in [1.29, 1.82) is 0 Å². The smallest absolute Gasteiger partial charge is 0.309 e. The van der Waals surface area contributed by atoms with Crippen LogP contribution in [0.25, 0.3) is 0 Å². The predicted molar refractivity (Wildman–Crippen MR) is 94.9 cm³/mol. The molecule has 1 unspecified atom stereocenters. The van der Waals surface area contributed by atoms with E-state index in [4.69, 9.17) is 0 Å². The second kappa shape index (κ2) is 6.59. The highest BCUT2D eigenvalue weighted by Crippen LogP contribution is 2.43. The van der Waals surface area contributed by atoms with E-state index in [0.717, 1.165) is 0 Å². The van der Waals surface area contributed by atoms with Crippen molar-refractivity contribution in [3.8, 4) is 0 Å². The van der Waals surface area contributed by atoms with Crippen molar-refractivity contribution in [2.24, 2.45) is 5.92 Å². The summed E-state index contributed by atoms with van der Waals surface area (Å²) in [5.74, 6) is -1.15. The number of amides is 2. The zero-order valence-electron chi connectivity index (χ0n) is 15.3. The molecule has 1 spiro atoms. The molecule has 8 heteroatoms. The third-order valence-electron chi connectivity index (χ3n) is 5.68. The Morgan fingerprint density at radius 3 is 2.50 bits per heavy atom. The van der Waals surface area contributed by atoms with E-state index in [1.807, 2.05) is 11.0 Å². The molecule has 2 fully saturated rings. The van der Waals surface area contributed by atoms with Gasteiger partial charge in [0.05, 0.1) is 11.5 Å². The zero-order chi connectivity index (χ0) is 19.1. The number of aliphatic carboxylic acids is 1. The highest BCUT2D eigenvalue weighted by Gasteiger charge is 2.55. The normalized spacial score (nSPS) is 22.0. The van der Waals surface area contributed by atoms with Crippen LogP contribution in [-0.2, 0) is 9.59 Å². The lowest BCUT2D eigenvalue weighted by Crippen LogP contribution is -2.56. The fraction of sp³-hybridized carbons (Fsp3) is 0.556. The number of rotatable bonds is 3.